The highest BCUT2D eigenvalue weighted by molar-refractivity contribution is 9.10. The van der Waals surface area contributed by atoms with E-state index in [4.69, 9.17) is 38.3 Å². The normalized spacial score (nSPS) is 12.3. The second-order valence-corrected chi connectivity index (χ2v) is 23.5. The molecule has 9 aromatic rings. The van der Waals surface area contributed by atoms with Gasteiger partial charge in [0.25, 0.3) is 31.2 Å². The molecule has 22 nitrogen and oxygen atoms in total. The first kappa shape index (κ1) is 63.9. The molecule has 2 unspecified atom stereocenters. The van der Waals surface area contributed by atoms with E-state index in [-0.39, 0.29) is 59.8 Å². The Bertz CT molecular complexity index is 4480. The van der Waals surface area contributed by atoms with E-state index in [0.29, 0.717) is 40.0 Å². The number of hydrogen-bond donors (Lipinski definition) is 2. The third kappa shape index (κ3) is 15.6. The highest BCUT2D eigenvalue weighted by Gasteiger charge is 2.44. The van der Waals surface area contributed by atoms with Gasteiger partial charge in [0, 0.05) is 48.5 Å². The molecule has 4 aromatic heterocycles. The van der Waals surface area contributed by atoms with Crippen molar-refractivity contribution < 1.29 is 76.4 Å². The maximum Gasteiger partial charge on any atom is 0.522 e. The van der Waals surface area contributed by atoms with Crippen molar-refractivity contribution in [3.63, 3.8) is 0 Å². The molecule has 0 aliphatic carbocycles. The van der Waals surface area contributed by atoms with E-state index in [1.807, 2.05) is 12.1 Å². The Balaban J connectivity index is 0.000000239. The number of methoxy groups -OCH3 is 1. The second-order valence-electron chi connectivity index (χ2n) is 16.8. The predicted octanol–water partition coefficient (Wildman–Crippen LogP) is 11.0. The van der Waals surface area contributed by atoms with Crippen molar-refractivity contribution in [2.45, 2.75) is 61.7 Å². The molecule has 0 bridgehead atoms. The fourth-order valence-electron chi connectivity index (χ4n) is 7.39. The lowest BCUT2D eigenvalue weighted by atomic mass is 10.2. The van der Waals surface area contributed by atoms with E-state index >= 15 is 0 Å². The molecular formula is C53H43Br2F5N8O14S3. The maximum absolute atomic E-state index is 14.7. The SMILES string of the molecule is CC(C#N)Oc1cc(Br)c(F)cc1-n1c(=O)ccc2cc(S(=O)(=O)Nc3ccon3)ccc21.COc1ccc(CN(c2ccon2)S(=O)(=O)c2ccc3c(ccc(=O)n3-c3cc(F)c(Br)cc3OC(C)C#N)c2)cc1.O=S(=O)(O)C(F)(F)F.[2H]CC. The largest absolute Gasteiger partial charge is 0.522 e. The number of rotatable bonds is 15. The summed E-state index contributed by atoms with van der Waals surface area (Å²) in [5.41, 5.74) is -5.17. The van der Waals surface area contributed by atoms with Crippen LogP contribution in [0.5, 0.6) is 17.2 Å². The van der Waals surface area contributed by atoms with Crippen LogP contribution >= 0.6 is 31.9 Å². The molecule has 446 valence electrons. The highest BCUT2D eigenvalue weighted by Crippen LogP contribution is 2.35. The molecule has 32 heteroatoms. The van der Waals surface area contributed by atoms with E-state index in [0.717, 1.165) is 16.4 Å². The van der Waals surface area contributed by atoms with Gasteiger partial charge in [0.05, 0.1) is 54.8 Å². The smallest absolute Gasteiger partial charge is 0.497 e. The number of alkyl halides is 3. The lowest BCUT2D eigenvalue weighted by Crippen LogP contribution is -2.31. The Labute approximate surface area is 498 Å². The van der Waals surface area contributed by atoms with Crippen LogP contribution in [0.1, 0.15) is 34.6 Å². The van der Waals surface area contributed by atoms with Gasteiger partial charge in [-0.1, -0.05) is 36.3 Å². The summed E-state index contributed by atoms with van der Waals surface area (Å²) in [5, 5.41) is 26.5. The fourth-order valence-corrected chi connectivity index (χ4v) is 10.5. The zero-order valence-electron chi connectivity index (χ0n) is 45.0. The Morgan fingerprint density at radius 2 is 1.18 bits per heavy atom. The first-order valence-electron chi connectivity index (χ1n) is 24.4. The van der Waals surface area contributed by atoms with Gasteiger partial charge < -0.3 is 23.3 Å². The zero-order chi connectivity index (χ0) is 63.5. The quantitative estimate of drug-likeness (QED) is 0.0547. The van der Waals surface area contributed by atoms with Crippen LogP contribution in [0.3, 0.4) is 0 Å². The van der Waals surface area contributed by atoms with Crippen LogP contribution < -0.4 is 34.4 Å². The molecule has 2 N–H and O–H groups in total. The molecule has 4 heterocycles. The van der Waals surface area contributed by atoms with Gasteiger partial charge in [-0.05, 0) is 124 Å². The van der Waals surface area contributed by atoms with Gasteiger partial charge in [-0.3, -0.25) is 28.0 Å². The van der Waals surface area contributed by atoms with Crippen molar-refractivity contribution in [3.8, 4) is 40.8 Å². The van der Waals surface area contributed by atoms with Crippen LogP contribution in [-0.4, -0.2) is 74.1 Å². The van der Waals surface area contributed by atoms with E-state index in [2.05, 4.69) is 51.4 Å². The minimum absolute atomic E-state index is 0.0128. The molecule has 9 rings (SSSR count). The number of aromatic nitrogens is 4. The second kappa shape index (κ2) is 27.4. The summed E-state index contributed by atoms with van der Waals surface area (Å²) in [7, 11) is -12.5. The van der Waals surface area contributed by atoms with Crippen molar-refractivity contribution in [3.05, 3.63) is 181 Å². The molecule has 2 atom stereocenters. The Morgan fingerprint density at radius 3 is 1.60 bits per heavy atom. The summed E-state index contributed by atoms with van der Waals surface area (Å²) in [4.78, 5) is 25.7. The molecule has 5 aromatic carbocycles. The van der Waals surface area contributed by atoms with Crippen LogP contribution in [-0.2, 0) is 36.7 Å². The summed E-state index contributed by atoms with van der Waals surface area (Å²) in [6.45, 7) is 5.26. The van der Waals surface area contributed by atoms with Crippen molar-refractivity contribution in [2.75, 3.05) is 16.1 Å². The number of nitrogens with zero attached hydrogens (tertiary/aromatic N) is 7. The van der Waals surface area contributed by atoms with Crippen LogP contribution in [0.4, 0.5) is 33.6 Å². The van der Waals surface area contributed by atoms with Gasteiger partial charge in [0.1, 0.15) is 53.5 Å². The van der Waals surface area contributed by atoms with Gasteiger partial charge in [-0.25, -0.2) is 29.9 Å². The van der Waals surface area contributed by atoms with Crippen molar-refractivity contribution in [1.82, 2.24) is 19.4 Å². The lowest BCUT2D eigenvalue weighted by molar-refractivity contribution is -0.0510. The third-order valence-electron chi connectivity index (χ3n) is 11.2. The number of benzene rings is 5. The molecule has 0 aliphatic heterocycles. The number of pyridine rings is 2. The van der Waals surface area contributed by atoms with Crippen molar-refractivity contribution in [2.24, 2.45) is 0 Å². The standard InChI is InChI=1S/C29H22BrFN4O6S.C21H14BrFN4O5S.C2H6.CHF3O3S/c1-18(16-32)41-27-14-23(30)24(31)15-26(27)35-25-9-8-22(13-20(25)5-10-29(35)36)42(37,38)34(28-11-12-40-33-28)17-19-3-6-21(39-2)7-4-19;1-12(11-24)32-19-9-15(22)16(23)10-18(19)27-17-4-3-14(8-13(17)2-5-21(27)28)33(29,30)26-20-6-7-31-25-20;1-2;2-1(3,4)8(5,6)7/h3-15,18H,17H2,1-2H3;2-10,12H,1H3,(H,25,26);1-2H3;(H,5,6,7)/i;;1D;. The number of nitriles is 2. The molecule has 85 heavy (non-hydrogen) atoms. The minimum atomic E-state index is -5.84. The van der Waals surface area contributed by atoms with Crippen LogP contribution in [0.25, 0.3) is 33.2 Å². The van der Waals surface area contributed by atoms with Crippen LogP contribution in [0, 0.1) is 34.3 Å². The molecule has 0 fully saturated rings. The lowest BCUT2D eigenvalue weighted by Gasteiger charge is -2.22. The average molecular weight is 1370 g/mol. The summed E-state index contributed by atoms with van der Waals surface area (Å²) in [6, 6.07) is 32.1. The number of hydrogen-bond acceptors (Lipinski definition) is 17. The number of halogens is 7. The maximum atomic E-state index is 14.7. The molecule has 0 saturated carbocycles. The summed E-state index contributed by atoms with van der Waals surface area (Å²) in [5.74, 6) is -0.421. The molecular weight excluding hydrogens is 1320 g/mol. The predicted molar refractivity (Wildman–Crippen MR) is 305 cm³/mol. The van der Waals surface area contributed by atoms with E-state index in [1.165, 1.54) is 128 Å². The summed E-state index contributed by atoms with van der Waals surface area (Å²) < 4.78 is 178. The monoisotopic (exact) mass is 1370 g/mol. The van der Waals surface area contributed by atoms with Crippen molar-refractivity contribution in [1.29, 1.82) is 10.5 Å². The number of sulfonamides is 2. The van der Waals surface area contributed by atoms with Crippen molar-refractivity contribution >= 4 is 95.5 Å². The van der Waals surface area contributed by atoms with Crippen LogP contribution in [0.15, 0.2) is 171 Å². The topological polar surface area (TPSA) is 309 Å². The summed E-state index contributed by atoms with van der Waals surface area (Å²) in [6.07, 6.45) is 0.735. The van der Waals surface area contributed by atoms with Crippen LogP contribution in [0.2, 0.25) is 0 Å². The molecule has 0 spiro atoms. The molecule has 0 amide bonds. The number of ether oxygens (including phenoxy) is 3. The van der Waals surface area contributed by atoms with Gasteiger partial charge in [-0.15, -0.1) is 0 Å². The first-order chi connectivity index (χ1) is 40.5. The van der Waals surface area contributed by atoms with Gasteiger partial charge >= 0.3 is 15.6 Å². The first-order valence-corrected chi connectivity index (χ1v) is 29.7. The highest BCUT2D eigenvalue weighted by atomic mass is 79.9. The number of anilines is 2. The molecule has 0 saturated heterocycles. The number of fused-ring (bicyclic) bond motifs is 2. The van der Waals surface area contributed by atoms with E-state index in [9.17, 15) is 53.6 Å². The third-order valence-corrected chi connectivity index (χ3v) is 16.1. The Morgan fingerprint density at radius 1 is 0.718 bits per heavy atom. The van der Waals surface area contributed by atoms with E-state index < -0.39 is 70.6 Å². The minimum Gasteiger partial charge on any atom is -0.497 e. The fraction of sp³-hybridized carbons (Fsp3) is 0.170. The zero-order valence-corrected chi connectivity index (χ0v) is 49.6. The average Bonchev–Trinajstić information content (AvgIpc) is 0.959. The van der Waals surface area contributed by atoms with Gasteiger partial charge in [0.2, 0.25) is 0 Å². The molecule has 0 aliphatic rings. The Hall–Kier alpha value is -8.66. The molecule has 0 radical (unpaired) electrons. The Kier molecular flexibility index (Phi) is 20.6. The summed E-state index contributed by atoms with van der Waals surface area (Å²) >= 11 is 6.19. The van der Waals surface area contributed by atoms with Gasteiger partial charge in [0.15, 0.2) is 23.8 Å². The number of nitrogens with one attached hydrogen (secondary N) is 1. The van der Waals surface area contributed by atoms with E-state index in [1.54, 1.807) is 31.2 Å². The van der Waals surface area contributed by atoms with Gasteiger partial charge in [-0.2, -0.15) is 32.1 Å².